The van der Waals surface area contributed by atoms with Gasteiger partial charge in [0, 0.05) is 12.6 Å². The average molecular weight is 603 g/mol. The van der Waals surface area contributed by atoms with Crippen LogP contribution in [0.15, 0.2) is 90.6 Å². The van der Waals surface area contributed by atoms with Crippen LogP contribution in [-0.2, 0) is 30.0 Å². The van der Waals surface area contributed by atoms with E-state index in [0.29, 0.717) is 0 Å². The lowest BCUT2D eigenvalue weighted by Crippen LogP contribution is -2.43. The molecule has 0 spiro atoms. The lowest BCUT2D eigenvalue weighted by Gasteiger charge is -2.28. The highest BCUT2D eigenvalue weighted by Gasteiger charge is 2.64. The Morgan fingerprint density at radius 1 is 1.26 bits per heavy atom. The number of aliphatic hydroxyl groups is 1. The number of nitrogens with zero attached hydrogens (tertiary/aromatic N) is 2. The molecule has 3 unspecified atom stereocenters. The molecule has 0 aliphatic heterocycles. The molecule has 1 heterocycles. The summed E-state index contributed by atoms with van der Waals surface area (Å²) < 4.78 is 52.5. The van der Waals surface area contributed by atoms with Gasteiger partial charge in [-0.2, -0.15) is 10.1 Å². The van der Waals surface area contributed by atoms with Crippen molar-refractivity contribution in [1.29, 1.82) is 0 Å². The number of nitrogens with one attached hydrogen (secondary N) is 1. The molecule has 224 valence electrons. The van der Waals surface area contributed by atoms with Gasteiger partial charge in [-0.05, 0) is 30.7 Å². The summed E-state index contributed by atoms with van der Waals surface area (Å²) in [6, 6.07) is 16.2. The van der Waals surface area contributed by atoms with Crippen molar-refractivity contribution in [3.63, 3.8) is 0 Å². The summed E-state index contributed by atoms with van der Waals surface area (Å²) in [4.78, 5) is 28.5. The largest absolute Gasteiger partial charge is 0.493 e. The topological polar surface area (TPSA) is 164 Å². The highest BCUT2D eigenvalue weighted by molar-refractivity contribution is 7.52. The van der Waals surface area contributed by atoms with E-state index in [4.69, 9.17) is 24.3 Å². The van der Waals surface area contributed by atoms with E-state index in [1.807, 2.05) is 6.07 Å². The Balaban J connectivity index is 1.46. The molecule has 14 heteroatoms. The van der Waals surface area contributed by atoms with Gasteiger partial charge in [-0.1, -0.05) is 55.1 Å². The molecule has 42 heavy (non-hydrogen) atoms. The van der Waals surface area contributed by atoms with Gasteiger partial charge < -0.3 is 24.8 Å². The molecule has 2 aromatic carbocycles. The summed E-state index contributed by atoms with van der Waals surface area (Å²) in [6.45, 7) is 4.20. The van der Waals surface area contributed by atoms with E-state index in [2.05, 4.69) is 16.7 Å². The molecular weight excluding hydrogens is 570 g/mol. The fourth-order valence-corrected chi connectivity index (χ4v) is 5.71. The SMILES string of the molecule is C=CO[C@H](COP(=O)(N[C@@H](C)C(=O)OCc1ccccc1)Oc1ccccc1)C(O)C1(F)C[C@H]1n1ccc(N)nc1=O. The number of aromatic nitrogens is 2. The van der Waals surface area contributed by atoms with Gasteiger partial charge >= 0.3 is 19.4 Å². The van der Waals surface area contributed by atoms with E-state index >= 15 is 4.39 Å². The Kier molecular flexibility index (Phi) is 9.79. The number of alkyl halides is 1. The fourth-order valence-electron chi connectivity index (χ4n) is 4.21. The molecule has 1 saturated carbocycles. The van der Waals surface area contributed by atoms with Crippen LogP contribution in [0.5, 0.6) is 5.75 Å². The number of anilines is 1. The van der Waals surface area contributed by atoms with Crippen LogP contribution in [0.2, 0.25) is 0 Å². The smallest absolute Gasteiger partial charge is 0.459 e. The van der Waals surface area contributed by atoms with E-state index in [-0.39, 0.29) is 24.6 Å². The predicted octanol–water partition coefficient (Wildman–Crippen LogP) is 3.29. The summed E-state index contributed by atoms with van der Waals surface area (Å²) in [6.07, 6.45) is -1.24. The Labute approximate surface area is 241 Å². The summed E-state index contributed by atoms with van der Waals surface area (Å²) in [7, 11) is -4.36. The third kappa shape index (κ3) is 7.62. The molecule has 0 amide bonds. The van der Waals surface area contributed by atoms with Gasteiger partial charge in [-0.25, -0.2) is 13.8 Å². The molecular formula is C28H32FN4O8P. The van der Waals surface area contributed by atoms with Gasteiger partial charge in [0.05, 0.1) is 18.9 Å². The van der Waals surface area contributed by atoms with Crippen molar-refractivity contribution in [3.8, 4) is 5.75 Å². The van der Waals surface area contributed by atoms with Crippen molar-refractivity contribution >= 4 is 19.5 Å². The third-order valence-corrected chi connectivity index (χ3v) is 8.15. The van der Waals surface area contributed by atoms with Crippen LogP contribution in [0.3, 0.4) is 0 Å². The zero-order valence-electron chi connectivity index (χ0n) is 22.7. The minimum atomic E-state index is -4.36. The van der Waals surface area contributed by atoms with Crippen LogP contribution < -0.4 is 21.0 Å². The Morgan fingerprint density at radius 2 is 1.93 bits per heavy atom. The third-order valence-electron chi connectivity index (χ3n) is 6.51. The van der Waals surface area contributed by atoms with Crippen molar-refractivity contribution in [2.45, 2.75) is 49.9 Å². The van der Waals surface area contributed by atoms with Crippen molar-refractivity contribution in [2.24, 2.45) is 0 Å². The normalized spacial score (nSPS) is 21.3. The van der Waals surface area contributed by atoms with E-state index in [0.717, 1.165) is 16.4 Å². The molecule has 6 atom stereocenters. The van der Waals surface area contributed by atoms with Crippen LogP contribution in [0.25, 0.3) is 0 Å². The molecule has 0 saturated heterocycles. The lowest BCUT2D eigenvalue weighted by molar-refractivity contribution is -0.146. The van der Waals surface area contributed by atoms with E-state index in [9.17, 15) is 19.3 Å². The second kappa shape index (κ2) is 13.3. The second-order valence-corrected chi connectivity index (χ2v) is 11.3. The maximum atomic E-state index is 15.8. The van der Waals surface area contributed by atoms with E-state index < -0.39 is 56.0 Å². The average Bonchev–Trinajstić information content (AvgIpc) is 3.66. The number of carbonyl (C=O) groups excluding carboxylic acids is 1. The highest BCUT2D eigenvalue weighted by Crippen LogP contribution is 2.54. The number of hydrogen-bond acceptors (Lipinski definition) is 10. The first-order chi connectivity index (χ1) is 20.0. The highest BCUT2D eigenvalue weighted by atomic mass is 31.2. The molecule has 1 aromatic heterocycles. The van der Waals surface area contributed by atoms with Gasteiger partial charge in [-0.3, -0.25) is 13.9 Å². The molecule has 0 bridgehead atoms. The zero-order valence-corrected chi connectivity index (χ0v) is 23.6. The minimum Gasteiger partial charge on any atom is -0.493 e. The number of aliphatic hydroxyl groups excluding tert-OH is 1. The quantitative estimate of drug-likeness (QED) is 0.133. The molecule has 1 aliphatic carbocycles. The molecule has 1 aliphatic rings. The first kappa shape index (κ1) is 30.9. The van der Waals surface area contributed by atoms with Gasteiger partial charge in [0.1, 0.15) is 30.3 Å². The summed E-state index contributed by atoms with van der Waals surface area (Å²) in [5.41, 5.74) is 3.19. The van der Waals surface area contributed by atoms with Crippen LogP contribution in [-0.4, -0.2) is 51.2 Å². The number of esters is 1. The first-order valence-electron chi connectivity index (χ1n) is 13.0. The van der Waals surface area contributed by atoms with Gasteiger partial charge in [-0.15, -0.1) is 0 Å². The number of benzene rings is 2. The number of nitrogens with two attached hydrogens (primary N) is 1. The van der Waals surface area contributed by atoms with Crippen molar-refractivity contribution in [1.82, 2.24) is 14.6 Å². The second-order valence-electron chi connectivity index (χ2n) is 9.62. The number of para-hydroxylation sites is 1. The number of nitrogen functional groups attached to an aromatic ring is 1. The number of ether oxygens (including phenoxy) is 2. The molecule has 0 radical (unpaired) electrons. The molecule has 4 rings (SSSR count). The van der Waals surface area contributed by atoms with Gasteiger partial charge in [0.15, 0.2) is 11.8 Å². The number of carbonyl (C=O) groups is 1. The van der Waals surface area contributed by atoms with Crippen LogP contribution in [0, 0.1) is 0 Å². The van der Waals surface area contributed by atoms with Crippen molar-refractivity contribution in [2.75, 3.05) is 12.3 Å². The molecule has 1 fully saturated rings. The maximum absolute atomic E-state index is 15.8. The van der Waals surface area contributed by atoms with E-state index in [1.54, 1.807) is 42.5 Å². The fraction of sp³-hybridized carbons (Fsp3) is 0.321. The van der Waals surface area contributed by atoms with Gasteiger partial charge in [0.2, 0.25) is 0 Å². The number of hydrogen-bond donors (Lipinski definition) is 3. The summed E-state index contributed by atoms with van der Waals surface area (Å²) in [5.74, 6) is -0.605. The van der Waals surface area contributed by atoms with Crippen LogP contribution in [0.4, 0.5) is 10.2 Å². The van der Waals surface area contributed by atoms with E-state index in [1.165, 1.54) is 31.3 Å². The lowest BCUT2D eigenvalue weighted by atomic mass is 10.1. The Bertz CT molecular complexity index is 1480. The Morgan fingerprint density at radius 3 is 2.57 bits per heavy atom. The first-order valence-corrected chi connectivity index (χ1v) is 14.5. The molecule has 12 nitrogen and oxygen atoms in total. The monoisotopic (exact) mass is 602 g/mol. The maximum Gasteiger partial charge on any atom is 0.459 e. The van der Waals surface area contributed by atoms with Crippen LogP contribution in [0.1, 0.15) is 24.9 Å². The number of rotatable bonds is 15. The predicted molar refractivity (Wildman–Crippen MR) is 151 cm³/mol. The van der Waals surface area contributed by atoms with Gasteiger partial charge in [0.25, 0.3) is 0 Å². The standard InChI is InChI=1S/C28H32FN4O8P/c1-3-38-22(25(34)28(29)16-23(28)33-15-14-24(30)31-27(33)36)18-40-42(37,41-21-12-8-5-9-13-21)32-19(2)26(35)39-17-20-10-6-4-7-11-20/h3-15,19,22-23,25,34H,1,16-18H2,2H3,(H,32,37)(H2,30,31,36)/t19-,22+,23+,25?,28?,42?/m0/s1. The summed E-state index contributed by atoms with van der Waals surface area (Å²) in [5, 5.41) is 13.5. The minimum absolute atomic E-state index is 0.00972. The summed E-state index contributed by atoms with van der Waals surface area (Å²) >= 11 is 0. The van der Waals surface area contributed by atoms with Crippen LogP contribution >= 0.6 is 7.75 Å². The Hall–Kier alpha value is -4.03. The molecule has 4 N–H and O–H groups in total. The van der Waals surface area contributed by atoms with Crippen molar-refractivity contribution in [3.05, 3.63) is 102 Å². The molecule has 3 aromatic rings. The zero-order chi connectivity index (χ0) is 30.3. The van der Waals surface area contributed by atoms with Crippen molar-refractivity contribution < 1.29 is 37.4 Å². The number of halogens is 1.